The molecule has 1 aliphatic rings. The SMILES string of the molecule is Cc1ccc(S(=O)(=O)C2CCCCCC2C#N)cc1C. The van der Waals surface area contributed by atoms with Crippen LogP contribution in [-0.4, -0.2) is 13.7 Å². The van der Waals surface area contributed by atoms with Crippen molar-refractivity contribution in [2.75, 3.05) is 0 Å². The van der Waals surface area contributed by atoms with E-state index in [1.54, 1.807) is 12.1 Å². The summed E-state index contributed by atoms with van der Waals surface area (Å²) in [6.07, 6.45) is 4.18. The van der Waals surface area contributed by atoms with E-state index >= 15 is 0 Å². The van der Waals surface area contributed by atoms with Crippen molar-refractivity contribution >= 4 is 9.84 Å². The molecule has 0 aromatic heterocycles. The van der Waals surface area contributed by atoms with Gasteiger partial charge in [0.15, 0.2) is 9.84 Å². The number of aryl methyl sites for hydroxylation is 2. The predicted octanol–water partition coefficient (Wildman–Crippen LogP) is 3.55. The summed E-state index contributed by atoms with van der Waals surface area (Å²) in [5, 5.41) is 8.74. The Morgan fingerprint density at radius 2 is 1.80 bits per heavy atom. The van der Waals surface area contributed by atoms with Crippen molar-refractivity contribution in [3.63, 3.8) is 0 Å². The highest BCUT2D eigenvalue weighted by molar-refractivity contribution is 7.92. The fraction of sp³-hybridized carbons (Fsp3) is 0.562. The third-order valence-corrected chi connectivity index (χ3v) is 6.60. The largest absolute Gasteiger partial charge is 0.223 e. The monoisotopic (exact) mass is 291 g/mol. The first kappa shape index (κ1) is 15.1. The van der Waals surface area contributed by atoms with Gasteiger partial charge in [-0.2, -0.15) is 5.26 Å². The van der Waals surface area contributed by atoms with E-state index in [1.165, 1.54) is 0 Å². The van der Waals surface area contributed by atoms with Crippen molar-refractivity contribution in [2.24, 2.45) is 5.92 Å². The Morgan fingerprint density at radius 3 is 2.45 bits per heavy atom. The zero-order chi connectivity index (χ0) is 14.8. The molecule has 1 aromatic carbocycles. The molecular formula is C16H21NO2S. The van der Waals surface area contributed by atoms with Crippen LogP contribution in [0.25, 0.3) is 0 Å². The molecule has 0 heterocycles. The molecule has 0 spiro atoms. The smallest absolute Gasteiger partial charge is 0.182 e. The Kier molecular flexibility index (Phi) is 4.49. The molecule has 1 saturated carbocycles. The van der Waals surface area contributed by atoms with Gasteiger partial charge in [-0.1, -0.05) is 25.3 Å². The normalized spacial score (nSPS) is 23.9. The molecule has 2 atom stereocenters. The van der Waals surface area contributed by atoms with E-state index in [0.717, 1.165) is 30.4 Å². The summed E-state index contributed by atoms with van der Waals surface area (Å²) in [5.74, 6) is -0.371. The van der Waals surface area contributed by atoms with E-state index in [2.05, 4.69) is 6.07 Å². The Hall–Kier alpha value is -1.34. The van der Waals surface area contributed by atoms with Gasteiger partial charge in [0, 0.05) is 0 Å². The Labute approximate surface area is 121 Å². The standard InChI is InChI=1S/C16H21NO2S/c1-12-8-9-15(10-13(12)2)20(18,19)16-7-5-3-4-6-14(16)11-17/h8-10,14,16H,3-7H2,1-2H3. The quantitative estimate of drug-likeness (QED) is 0.783. The lowest BCUT2D eigenvalue weighted by molar-refractivity contribution is 0.523. The average Bonchev–Trinajstić information content (AvgIpc) is 2.67. The van der Waals surface area contributed by atoms with E-state index in [4.69, 9.17) is 0 Å². The maximum atomic E-state index is 12.8. The fourth-order valence-corrected chi connectivity index (χ4v) is 4.91. The maximum Gasteiger partial charge on any atom is 0.182 e. The van der Waals surface area contributed by atoms with Gasteiger partial charge in [-0.15, -0.1) is 0 Å². The number of nitrogens with zero attached hydrogens (tertiary/aromatic N) is 1. The highest BCUT2D eigenvalue weighted by Gasteiger charge is 2.35. The van der Waals surface area contributed by atoms with E-state index in [1.807, 2.05) is 19.9 Å². The molecule has 1 fully saturated rings. The van der Waals surface area contributed by atoms with Crippen LogP contribution in [0, 0.1) is 31.1 Å². The third-order valence-electron chi connectivity index (χ3n) is 4.32. The highest BCUT2D eigenvalue weighted by Crippen LogP contribution is 2.32. The lowest BCUT2D eigenvalue weighted by atomic mass is 10.0. The predicted molar refractivity (Wildman–Crippen MR) is 79.1 cm³/mol. The zero-order valence-electron chi connectivity index (χ0n) is 12.1. The number of benzene rings is 1. The lowest BCUT2D eigenvalue weighted by Crippen LogP contribution is -2.28. The van der Waals surface area contributed by atoms with Crippen LogP contribution in [0.4, 0.5) is 0 Å². The first-order valence-corrected chi connectivity index (χ1v) is 8.72. The van der Waals surface area contributed by atoms with Gasteiger partial charge >= 0.3 is 0 Å². The van der Waals surface area contributed by atoms with Crippen LogP contribution in [0.15, 0.2) is 23.1 Å². The van der Waals surface area contributed by atoms with Gasteiger partial charge in [0.2, 0.25) is 0 Å². The summed E-state index contributed by atoms with van der Waals surface area (Å²) >= 11 is 0. The van der Waals surface area contributed by atoms with Gasteiger partial charge in [-0.05, 0) is 49.9 Å². The molecule has 0 aliphatic heterocycles. The van der Waals surface area contributed by atoms with Crippen molar-refractivity contribution in [3.8, 4) is 6.07 Å². The molecule has 0 bridgehead atoms. The van der Waals surface area contributed by atoms with Gasteiger partial charge < -0.3 is 0 Å². The van der Waals surface area contributed by atoms with Crippen LogP contribution in [0.1, 0.15) is 43.2 Å². The molecule has 0 radical (unpaired) electrons. The molecule has 2 unspecified atom stereocenters. The second-order valence-corrected chi connectivity index (χ2v) is 7.87. The van der Waals surface area contributed by atoms with Crippen LogP contribution >= 0.6 is 0 Å². The second-order valence-electron chi connectivity index (χ2n) is 5.70. The molecule has 0 N–H and O–H groups in total. The zero-order valence-corrected chi connectivity index (χ0v) is 12.9. The summed E-state index contributed by atoms with van der Waals surface area (Å²) in [5.41, 5.74) is 2.06. The number of hydrogen-bond acceptors (Lipinski definition) is 3. The van der Waals surface area contributed by atoms with Crippen LogP contribution in [0.3, 0.4) is 0 Å². The van der Waals surface area contributed by atoms with Crippen molar-refractivity contribution in [1.82, 2.24) is 0 Å². The van der Waals surface area contributed by atoms with E-state index < -0.39 is 15.1 Å². The first-order valence-electron chi connectivity index (χ1n) is 7.17. The summed E-state index contributed by atoms with van der Waals surface area (Å²) in [7, 11) is -3.41. The molecule has 2 rings (SSSR count). The van der Waals surface area contributed by atoms with Gasteiger partial charge in [0.25, 0.3) is 0 Å². The van der Waals surface area contributed by atoms with Crippen LogP contribution in [0.2, 0.25) is 0 Å². The minimum absolute atomic E-state index is 0.368. The highest BCUT2D eigenvalue weighted by atomic mass is 32.2. The van der Waals surface area contributed by atoms with E-state index in [9.17, 15) is 13.7 Å². The summed E-state index contributed by atoms with van der Waals surface area (Å²) < 4.78 is 25.6. The minimum atomic E-state index is -3.41. The molecule has 20 heavy (non-hydrogen) atoms. The Bertz CT molecular complexity index is 628. The Balaban J connectivity index is 2.41. The topological polar surface area (TPSA) is 57.9 Å². The van der Waals surface area contributed by atoms with Gasteiger partial charge in [-0.25, -0.2) is 8.42 Å². The lowest BCUT2D eigenvalue weighted by Gasteiger charge is -2.20. The van der Waals surface area contributed by atoms with E-state index in [0.29, 0.717) is 17.7 Å². The molecule has 0 saturated heterocycles. The fourth-order valence-electron chi connectivity index (χ4n) is 2.86. The van der Waals surface area contributed by atoms with Crippen molar-refractivity contribution in [3.05, 3.63) is 29.3 Å². The third kappa shape index (κ3) is 2.88. The summed E-state index contributed by atoms with van der Waals surface area (Å²) in [6, 6.07) is 7.48. The van der Waals surface area contributed by atoms with Crippen molar-refractivity contribution < 1.29 is 8.42 Å². The van der Waals surface area contributed by atoms with Gasteiger partial charge in [0.05, 0.1) is 22.1 Å². The molecule has 3 nitrogen and oxygen atoms in total. The molecule has 108 valence electrons. The van der Waals surface area contributed by atoms with Crippen molar-refractivity contribution in [1.29, 1.82) is 5.26 Å². The van der Waals surface area contributed by atoms with Crippen molar-refractivity contribution in [2.45, 2.75) is 56.1 Å². The maximum absolute atomic E-state index is 12.8. The molecule has 1 aliphatic carbocycles. The molecular weight excluding hydrogens is 270 g/mol. The van der Waals surface area contributed by atoms with Crippen LogP contribution < -0.4 is 0 Å². The summed E-state index contributed by atoms with van der Waals surface area (Å²) in [6.45, 7) is 3.89. The average molecular weight is 291 g/mol. The molecule has 1 aromatic rings. The molecule has 4 heteroatoms. The number of hydrogen-bond donors (Lipinski definition) is 0. The minimum Gasteiger partial charge on any atom is -0.223 e. The second kappa shape index (κ2) is 5.97. The summed E-state index contributed by atoms with van der Waals surface area (Å²) in [4.78, 5) is 0.368. The first-order chi connectivity index (χ1) is 9.46. The van der Waals surface area contributed by atoms with Gasteiger partial charge in [-0.3, -0.25) is 0 Å². The number of nitriles is 1. The van der Waals surface area contributed by atoms with Crippen LogP contribution in [0.5, 0.6) is 0 Å². The molecule has 0 amide bonds. The number of sulfone groups is 1. The number of rotatable bonds is 2. The van der Waals surface area contributed by atoms with Crippen LogP contribution in [-0.2, 0) is 9.84 Å². The van der Waals surface area contributed by atoms with Gasteiger partial charge in [0.1, 0.15) is 0 Å². The van der Waals surface area contributed by atoms with E-state index in [-0.39, 0.29) is 5.92 Å². The Morgan fingerprint density at radius 1 is 1.10 bits per heavy atom.